The molecule has 1 unspecified atom stereocenters. The number of benzene rings is 1. The minimum absolute atomic E-state index is 0.144. The first kappa shape index (κ1) is 24.5. The molecule has 36 heavy (non-hydrogen) atoms. The molecule has 190 valence electrons. The number of anilines is 1. The van der Waals surface area contributed by atoms with Crippen molar-refractivity contribution in [2.45, 2.75) is 46.0 Å². The van der Waals surface area contributed by atoms with Crippen LogP contribution < -0.4 is 4.90 Å². The van der Waals surface area contributed by atoms with Gasteiger partial charge in [0.05, 0.1) is 0 Å². The number of piperazine rings is 1. The quantitative estimate of drug-likeness (QED) is 0.590. The zero-order chi connectivity index (χ0) is 25.1. The third kappa shape index (κ3) is 5.30. The lowest BCUT2D eigenvalue weighted by molar-refractivity contribution is -0.131. The second-order valence-electron chi connectivity index (χ2n) is 10.3. The average Bonchev–Trinajstić information content (AvgIpc) is 2.92. The first-order chi connectivity index (χ1) is 17.5. The van der Waals surface area contributed by atoms with Crippen molar-refractivity contribution in [1.29, 1.82) is 0 Å². The normalized spacial score (nSPS) is 21.3. The Hall–Kier alpha value is -3.22. The molecule has 0 spiro atoms. The van der Waals surface area contributed by atoms with Crippen LogP contribution in [0.2, 0.25) is 0 Å². The molecular weight excluding hydrogens is 453 g/mol. The van der Waals surface area contributed by atoms with E-state index >= 15 is 0 Å². The van der Waals surface area contributed by atoms with Crippen LogP contribution in [0, 0.1) is 24.6 Å². The van der Waals surface area contributed by atoms with E-state index in [1.54, 1.807) is 25.4 Å². The van der Waals surface area contributed by atoms with Crippen LogP contribution in [0.5, 0.6) is 0 Å². The number of hydrogen-bond donors (Lipinski definition) is 0. The molecule has 3 aliphatic rings. The summed E-state index contributed by atoms with van der Waals surface area (Å²) in [5.41, 5.74) is 4.09. The maximum Gasteiger partial charge on any atom is 0.242 e. The third-order valence-corrected chi connectivity index (χ3v) is 7.83. The maximum absolute atomic E-state index is 14.0. The van der Waals surface area contributed by atoms with Crippen LogP contribution in [0.15, 0.2) is 54.6 Å². The molecule has 3 heterocycles. The van der Waals surface area contributed by atoms with Crippen molar-refractivity contribution in [3.8, 4) is 0 Å². The van der Waals surface area contributed by atoms with Gasteiger partial charge in [-0.05, 0) is 60.6 Å². The SMILES string of the molecule is Cc1cc(C2=CN(CC(=O)N3CCN(c4ncccn4)CC3)C(C3CCCCC3)=CC2C)ccc1F. The van der Waals surface area contributed by atoms with Crippen LogP contribution in [0.25, 0.3) is 5.57 Å². The molecule has 1 aromatic heterocycles. The summed E-state index contributed by atoms with van der Waals surface area (Å²) >= 11 is 0. The van der Waals surface area contributed by atoms with Gasteiger partial charge in [-0.3, -0.25) is 4.79 Å². The van der Waals surface area contributed by atoms with E-state index in [4.69, 9.17) is 0 Å². The van der Waals surface area contributed by atoms with E-state index in [-0.39, 0.29) is 17.6 Å². The molecule has 1 saturated heterocycles. The highest BCUT2D eigenvalue weighted by atomic mass is 19.1. The number of halogens is 1. The van der Waals surface area contributed by atoms with Gasteiger partial charge in [0.1, 0.15) is 12.4 Å². The molecule has 6 nitrogen and oxygen atoms in total. The van der Waals surface area contributed by atoms with Gasteiger partial charge in [0, 0.05) is 56.4 Å². The average molecular weight is 490 g/mol. The van der Waals surface area contributed by atoms with Crippen molar-refractivity contribution in [2.24, 2.45) is 11.8 Å². The fourth-order valence-electron chi connectivity index (χ4n) is 5.73. The van der Waals surface area contributed by atoms with Crippen molar-refractivity contribution < 1.29 is 9.18 Å². The zero-order valence-corrected chi connectivity index (χ0v) is 21.4. The molecule has 0 N–H and O–H groups in total. The van der Waals surface area contributed by atoms with E-state index in [9.17, 15) is 9.18 Å². The van der Waals surface area contributed by atoms with Crippen molar-refractivity contribution in [3.05, 3.63) is 71.6 Å². The van der Waals surface area contributed by atoms with E-state index in [1.165, 1.54) is 37.8 Å². The molecule has 1 amide bonds. The second-order valence-corrected chi connectivity index (χ2v) is 10.3. The highest BCUT2D eigenvalue weighted by molar-refractivity contribution is 5.80. The fraction of sp³-hybridized carbons (Fsp3) is 0.483. The Kier molecular flexibility index (Phi) is 7.35. The lowest BCUT2D eigenvalue weighted by Crippen LogP contribution is -2.51. The van der Waals surface area contributed by atoms with Crippen LogP contribution in [-0.4, -0.2) is 58.4 Å². The van der Waals surface area contributed by atoms with E-state index in [0.29, 0.717) is 31.1 Å². The number of carbonyl (C=O) groups is 1. The molecular formula is C29H36FN5O. The number of aromatic nitrogens is 2. The number of allylic oxidation sites excluding steroid dienone is 3. The number of rotatable bonds is 5. The first-order valence-corrected chi connectivity index (χ1v) is 13.3. The number of aryl methyl sites for hydroxylation is 1. The summed E-state index contributed by atoms with van der Waals surface area (Å²) in [4.78, 5) is 28.5. The highest BCUT2D eigenvalue weighted by Crippen LogP contribution is 2.39. The molecule has 1 aliphatic carbocycles. The van der Waals surface area contributed by atoms with E-state index < -0.39 is 0 Å². The van der Waals surface area contributed by atoms with E-state index in [1.807, 2.05) is 23.1 Å². The smallest absolute Gasteiger partial charge is 0.242 e. The summed E-state index contributed by atoms with van der Waals surface area (Å²) in [5.74, 6) is 1.39. The van der Waals surface area contributed by atoms with Crippen LogP contribution in [0.1, 0.15) is 50.2 Å². The molecule has 2 fully saturated rings. The van der Waals surface area contributed by atoms with Crippen molar-refractivity contribution in [3.63, 3.8) is 0 Å². The summed E-state index contributed by atoms with van der Waals surface area (Å²) in [6.45, 7) is 7.13. The molecule has 0 bridgehead atoms. The molecule has 2 aliphatic heterocycles. The Morgan fingerprint density at radius 1 is 1.06 bits per heavy atom. The van der Waals surface area contributed by atoms with Gasteiger partial charge < -0.3 is 14.7 Å². The number of carbonyl (C=O) groups excluding carboxylic acids is 1. The van der Waals surface area contributed by atoms with Gasteiger partial charge in [-0.1, -0.05) is 38.3 Å². The van der Waals surface area contributed by atoms with Crippen molar-refractivity contribution in [2.75, 3.05) is 37.6 Å². The summed E-state index contributed by atoms with van der Waals surface area (Å²) in [6.07, 6.45) is 14.2. The van der Waals surface area contributed by atoms with E-state index in [0.717, 1.165) is 30.2 Å². The lowest BCUT2D eigenvalue weighted by Gasteiger charge is -2.39. The molecule has 1 saturated carbocycles. The summed E-state index contributed by atoms with van der Waals surface area (Å²) < 4.78 is 14.0. The van der Waals surface area contributed by atoms with Crippen molar-refractivity contribution in [1.82, 2.24) is 19.8 Å². The topological polar surface area (TPSA) is 52.6 Å². The summed E-state index contributed by atoms with van der Waals surface area (Å²) in [5, 5.41) is 0. The Bertz CT molecular complexity index is 1130. The molecule has 5 rings (SSSR count). The number of hydrogen-bond acceptors (Lipinski definition) is 5. The Morgan fingerprint density at radius 2 is 1.78 bits per heavy atom. The number of amides is 1. The molecule has 2 aromatic rings. The minimum atomic E-state index is -0.187. The lowest BCUT2D eigenvalue weighted by atomic mass is 9.82. The first-order valence-electron chi connectivity index (χ1n) is 13.3. The molecule has 7 heteroatoms. The van der Waals surface area contributed by atoms with Gasteiger partial charge in [-0.25, -0.2) is 14.4 Å². The maximum atomic E-state index is 14.0. The van der Waals surface area contributed by atoms with Crippen LogP contribution in [0.4, 0.5) is 10.3 Å². The minimum Gasteiger partial charge on any atom is -0.342 e. The van der Waals surface area contributed by atoms with Crippen LogP contribution in [-0.2, 0) is 4.79 Å². The molecule has 1 atom stereocenters. The van der Waals surface area contributed by atoms with Gasteiger partial charge in [-0.15, -0.1) is 0 Å². The summed E-state index contributed by atoms with van der Waals surface area (Å²) in [6, 6.07) is 7.14. The molecule has 1 aromatic carbocycles. The van der Waals surface area contributed by atoms with Crippen LogP contribution in [0.3, 0.4) is 0 Å². The number of nitrogens with zero attached hydrogens (tertiary/aromatic N) is 5. The second kappa shape index (κ2) is 10.8. The highest BCUT2D eigenvalue weighted by Gasteiger charge is 2.30. The van der Waals surface area contributed by atoms with Gasteiger partial charge in [0.25, 0.3) is 0 Å². The fourth-order valence-corrected chi connectivity index (χ4v) is 5.73. The Labute approximate surface area is 213 Å². The standard InChI is InChI=1S/C29H36FN5O/c1-21-18-27(23-7-4-3-5-8-23)35(19-25(21)24-9-10-26(30)22(2)17-24)20-28(36)33-13-15-34(16-14-33)29-31-11-6-12-32-29/h6,9-12,17-19,21,23H,3-5,7-8,13-16,20H2,1-2H3. The Balaban J connectivity index is 1.33. The van der Waals surface area contributed by atoms with E-state index in [2.05, 4.69) is 39.0 Å². The largest absolute Gasteiger partial charge is 0.342 e. The Morgan fingerprint density at radius 3 is 2.47 bits per heavy atom. The molecule has 0 radical (unpaired) electrons. The van der Waals surface area contributed by atoms with Crippen molar-refractivity contribution >= 4 is 17.4 Å². The van der Waals surface area contributed by atoms with Gasteiger partial charge in [-0.2, -0.15) is 0 Å². The predicted molar refractivity (Wildman–Crippen MR) is 140 cm³/mol. The van der Waals surface area contributed by atoms with Crippen LogP contribution >= 0.6 is 0 Å². The predicted octanol–water partition coefficient (Wildman–Crippen LogP) is 5.03. The van der Waals surface area contributed by atoms with Gasteiger partial charge in [0.15, 0.2) is 0 Å². The monoisotopic (exact) mass is 489 g/mol. The van der Waals surface area contributed by atoms with Gasteiger partial charge >= 0.3 is 0 Å². The zero-order valence-electron chi connectivity index (χ0n) is 21.4. The van der Waals surface area contributed by atoms with Gasteiger partial charge in [0.2, 0.25) is 11.9 Å². The third-order valence-electron chi connectivity index (χ3n) is 7.83. The summed E-state index contributed by atoms with van der Waals surface area (Å²) in [7, 11) is 0.